The van der Waals surface area contributed by atoms with Crippen molar-refractivity contribution in [1.82, 2.24) is 0 Å². The van der Waals surface area contributed by atoms with Gasteiger partial charge in [0.05, 0.1) is 5.56 Å². The van der Waals surface area contributed by atoms with Gasteiger partial charge in [-0.05, 0) is 31.0 Å². The Kier molecular flexibility index (Phi) is 4.95. The Labute approximate surface area is 99.2 Å². The molecule has 3 N–H and O–H groups in total. The van der Waals surface area contributed by atoms with E-state index >= 15 is 0 Å². The molecule has 1 aromatic rings. The zero-order valence-corrected chi connectivity index (χ0v) is 9.37. The molecule has 1 rings (SSSR count). The molecular weight excluding hydrogens is 221 g/mol. The standard InChI is InChI=1S/C12H14FN3O/c13-11-5-4-10(7-9(11)8-14)16-6-2-1-3-12(15)17/h4-5,7,16H,1-3,6H2,(H2,15,17). The number of nitrogens with zero attached hydrogens (tertiary/aromatic N) is 1. The molecule has 0 aliphatic carbocycles. The number of carbonyl (C=O) groups excluding carboxylic acids is 1. The van der Waals surface area contributed by atoms with Gasteiger partial charge >= 0.3 is 0 Å². The number of hydrogen-bond acceptors (Lipinski definition) is 3. The summed E-state index contributed by atoms with van der Waals surface area (Å²) in [4.78, 5) is 10.5. The summed E-state index contributed by atoms with van der Waals surface area (Å²) in [6.07, 6.45) is 1.88. The average Bonchev–Trinajstić information content (AvgIpc) is 2.30. The van der Waals surface area contributed by atoms with Crippen molar-refractivity contribution < 1.29 is 9.18 Å². The van der Waals surface area contributed by atoms with Crippen LogP contribution in [0.3, 0.4) is 0 Å². The number of amides is 1. The molecule has 0 spiro atoms. The van der Waals surface area contributed by atoms with Gasteiger partial charge in [-0.3, -0.25) is 4.79 Å². The Morgan fingerprint density at radius 1 is 1.47 bits per heavy atom. The average molecular weight is 235 g/mol. The van der Waals surface area contributed by atoms with Gasteiger partial charge in [0, 0.05) is 18.7 Å². The number of nitrogens with one attached hydrogen (secondary N) is 1. The molecule has 1 aromatic carbocycles. The highest BCUT2D eigenvalue weighted by Crippen LogP contribution is 2.13. The lowest BCUT2D eigenvalue weighted by Crippen LogP contribution is -2.10. The topological polar surface area (TPSA) is 78.9 Å². The maximum absolute atomic E-state index is 13.0. The number of anilines is 1. The number of benzene rings is 1. The minimum atomic E-state index is -0.522. The molecule has 0 radical (unpaired) electrons. The molecule has 0 unspecified atom stereocenters. The number of nitrogens with two attached hydrogens (primary N) is 1. The van der Waals surface area contributed by atoms with Crippen LogP contribution in [-0.2, 0) is 4.79 Å². The highest BCUT2D eigenvalue weighted by molar-refractivity contribution is 5.73. The van der Waals surface area contributed by atoms with Crippen molar-refractivity contribution in [3.05, 3.63) is 29.6 Å². The Morgan fingerprint density at radius 2 is 2.24 bits per heavy atom. The highest BCUT2D eigenvalue weighted by atomic mass is 19.1. The monoisotopic (exact) mass is 235 g/mol. The van der Waals surface area contributed by atoms with E-state index in [0.29, 0.717) is 25.1 Å². The first-order valence-electron chi connectivity index (χ1n) is 5.35. The SMILES string of the molecule is N#Cc1cc(NCCCCC(N)=O)ccc1F. The summed E-state index contributed by atoms with van der Waals surface area (Å²) >= 11 is 0. The fraction of sp³-hybridized carbons (Fsp3) is 0.333. The third-order valence-electron chi connectivity index (χ3n) is 2.27. The number of nitriles is 1. The molecule has 0 heterocycles. The van der Waals surface area contributed by atoms with Gasteiger partial charge in [-0.15, -0.1) is 0 Å². The molecule has 0 bridgehead atoms. The largest absolute Gasteiger partial charge is 0.385 e. The van der Waals surface area contributed by atoms with Crippen molar-refractivity contribution >= 4 is 11.6 Å². The summed E-state index contributed by atoms with van der Waals surface area (Å²) in [6.45, 7) is 0.657. The molecule has 0 fully saturated rings. The van der Waals surface area contributed by atoms with Crippen LogP contribution in [0.15, 0.2) is 18.2 Å². The zero-order valence-electron chi connectivity index (χ0n) is 9.37. The Balaban J connectivity index is 2.37. The molecule has 0 aromatic heterocycles. The smallest absolute Gasteiger partial charge is 0.217 e. The molecule has 90 valence electrons. The second-order valence-electron chi connectivity index (χ2n) is 3.66. The van der Waals surface area contributed by atoms with Gasteiger partial charge in [-0.2, -0.15) is 5.26 Å². The van der Waals surface area contributed by atoms with E-state index in [1.54, 1.807) is 12.1 Å². The van der Waals surface area contributed by atoms with E-state index in [0.717, 1.165) is 6.42 Å². The summed E-state index contributed by atoms with van der Waals surface area (Å²) < 4.78 is 13.0. The van der Waals surface area contributed by atoms with Crippen LogP contribution in [0.1, 0.15) is 24.8 Å². The first-order chi connectivity index (χ1) is 8.13. The van der Waals surface area contributed by atoms with Crippen molar-refractivity contribution in [3.8, 4) is 6.07 Å². The molecule has 4 nitrogen and oxygen atoms in total. The molecule has 0 saturated carbocycles. The summed E-state index contributed by atoms with van der Waals surface area (Å²) in [5, 5.41) is 11.7. The Hall–Kier alpha value is -2.09. The van der Waals surface area contributed by atoms with Crippen LogP contribution < -0.4 is 11.1 Å². The predicted molar refractivity (Wildman–Crippen MR) is 62.7 cm³/mol. The molecule has 17 heavy (non-hydrogen) atoms. The van der Waals surface area contributed by atoms with Crippen molar-refractivity contribution in [2.75, 3.05) is 11.9 Å². The Morgan fingerprint density at radius 3 is 2.88 bits per heavy atom. The third-order valence-corrected chi connectivity index (χ3v) is 2.27. The molecule has 1 amide bonds. The van der Waals surface area contributed by atoms with Crippen molar-refractivity contribution in [3.63, 3.8) is 0 Å². The first kappa shape index (κ1) is 13.0. The van der Waals surface area contributed by atoms with Crippen LogP contribution in [-0.4, -0.2) is 12.5 Å². The lowest BCUT2D eigenvalue weighted by Gasteiger charge is -2.06. The van der Waals surface area contributed by atoms with E-state index in [1.807, 2.05) is 0 Å². The molecule has 0 aliphatic rings. The quantitative estimate of drug-likeness (QED) is 0.737. The van der Waals surface area contributed by atoms with Gasteiger partial charge in [0.25, 0.3) is 0 Å². The van der Waals surface area contributed by atoms with Gasteiger partial charge in [-0.1, -0.05) is 0 Å². The van der Waals surface area contributed by atoms with Crippen molar-refractivity contribution in [2.45, 2.75) is 19.3 Å². The summed E-state index contributed by atoms with van der Waals surface area (Å²) in [5.74, 6) is -0.828. The molecular formula is C12H14FN3O. The number of unbranched alkanes of at least 4 members (excludes halogenated alkanes) is 1. The van der Waals surface area contributed by atoms with Gasteiger partial charge in [0.15, 0.2) is 0 Å². The van der Waals surface area contributed by atoms with Crippen LogP contribution >= 0.6 is 0 Å². The fourth-order valence-corrected chi connectivity index (χ4v) is 1.38. The highest BCUT2D eigenvalue weighted by Gasteiger charge is 2.02. The van der Waals surface area contributed by atoms with Gasteiger partial charge < -0.3 is 11.1 Å². The number of hydrogen-bond donors (Lipinski definition) is 2. The second-order valence-corrected chi connectivity index (χ2v) is 3.66. The summed E-state index contributed by atoms with van der Waals surface area (Å²) in [5.41, 5.74) is 5.72. The van der Waals surface area contributed by atoms with Gasteiger partial charge in [0.2, 0.25) is 5.91 Å². The van der Waals surface area contributed by atoms with Crippen LogP contribution in [0.25, 0.3) is 0 Å². The van der Waals surface area contributed by atoms with E-state index in [-0.39, 0.29) is 11.5 Å². The normalized spacial score (nSPS) is 9.65. The van der Waals surface area contributed by atoms with E-state index in [9.17, 15) is 9.18 Å². The maximum atomic E-state index is 13.0. The third kappa shape index (κ3) is 4.51. The summed E-state index contributed by atoms with van der Waals surface area (Å²) in [7, 11) is 0. The minimum absolute atomic E-state index is 0.0205. The van der Waals surface area contributed by atoms with Crippen LogP contribution in [0.2, 0.25) is 0 Å². The second kappa shape index (κ2) is 6.48. The fourth-order valence-electron chi connectivity index (χ4n) is 1.38. The van der Waals surface area contributed by atoms with E-state index < -0.39 is 5.82 Å². The minimum Gasteiger partial charge on any atom is -0.385 e. The van der Waals surface area contributed by atoms with Crippen LogP contribution in [0.4, 0.5) is 10.1 Å². The predicted octanol–water partition coefficient (Wildman–Crippen LogP) is 1.76. The van der Waals surface area contributed by atoms with E-state index in [2.05, 4.69) is 5.32 Å². The van der Waals surface area contributed by atoms with Crippen LogP contribution in [0.5, 0.6) is 0 Å². The van der Waals surface area contributed by atoms with Crippen LogP contribution in [0, 0.1) is 17.1 Å². The molecule has 0 atom stereocenters. The zero-order chi connectivity index (χ0) is 12.7. The lowest BCUT2D eigenvalue weighted by molar-refractivity contribution is -0.118. The van der Waals surface area contributed by atoms with E-state index in [1.165, 1.54) is 12.1 Å². The number of rotatable bonds is 6. The maximum Gasteiger partial charge on any atom is 0.217 e. The van der Waals surface area contributed by atoms with Crippen molar-refractivity contribution in [1.29, 1.82) is 5.26 Å². The van der Waals surface area contributed by atoms with Gasteiger partial charge in [0.1, 0.15) is 11.9 Å². The molecule has 0 aliphatic heterocycles. The summed E-state index contributed by atoms with van der Waals surface area (Å²) in [6, 6.07) is 6.07. The number of carbonyl (C=O) groups is 1. The molecule has 0 saturated heterocycles. The number of halogens is 1. The first-order valence-corrected chi connectivity index (χ1v) is 5.35. The number of primary amides is 1. The molecule has 5 heteroatoms. The van der Waals surface area contributed by atoms with Crippen molar-refractivity contribution in [2.24, 2.45) is 5.73 Å². The van der Waals surface area contributed by atoms with E-state index in [4.69, 9.17) is 11.0 Å². The van der Waals surface area contributed by atoms with Gasteiger partial charge in [-0.25, -0.2) is 4.39 Å². The lowest BCUT2D eigenvalue weighted by atomic mass is 10.2. The Bertz CT molecular complexity index is 440.